The van der Waals surface area contributed by atoms with E-state index < -0.39 is 0 Å². The molecule has 0 aliphatic carbocycles. The number of hydrogen-bond acceptors (Lipinski definition) is 1. The van der Waals surface area contributed by atoms with Crippen LogP contribution in [0.15, 0.2) is 12.1 Å². The Hall–Kier alpha value is -1.06. The molecule has 0 saturated heterocycles. The van der Waals surface area contributed by atoms with Crippen molar-refractivity contribution in [3.63, 3.8) is 0 Å². The van der Waals surface area contributed by atoms with Gasteiger partial charge in [-0.1, -0.05) is 11.6 Å². The molecule has 2 N–H and O–H groups in total. The maximum Gasteiger partial charge on any atom is 0.143 e. The molecule has 2 heterocycles. The van der Waals surface area contributed by atoms with Gasteiger partial charge in [0.25, 0.3) is 0 Å². The SMILES string of the molecule is Fc1ccc2c3c([nH]c2c1Cl)CCNC3. The van der Waals surface area contributed by atoms with E-state index in [1.807, 2.05) is 0 Å². The first-order valence-corrected chi connectivity index (χ1v) is 5.33. The first kappa shape index (κ1) is 9.19. The highest BCUT2D eigenvalue weighted by atomic mass is 35.5. The monoisotopic (exact) mass is 224 g/mol. The second kappa shape index (κ2) is 3.22. The molecule has 0 spiro atoms. The molecule has 1 aliphatic rings. The molecule has 4 heteroatoms. The highest BCUT2D eigenvalue weighted by molar-refractivity contribution is 6.35. The summed E-state index contributed by atoms with van der Waals surface area (Å²) in [5.74, 6) is -0.365. The van der Waals surface area contributed by atoms with Crippen LogP contribution in [0.2, 0.25) is 5.02 Å². The molecule has 1 aromatic carbocycles. The fourth-order valence-corrected chi connectivity index (χ4v) is 2.37. The average molecular weight is 225 g/mol. The van der Waals surface area contributed by atoms with Gasteiger partial charge in [-0.15, -0.1) is 0 Å². The Balaban J connectivity index is 2.36. The number of fused-ring (bicyclic) bond motifs is 3. The van der Waals surface area contributed by atoms with Gasteiger partial charge >= 0.3 is 0 Å². The lowest BCUT2D eigenvalue weighted by molar-refractivity contribution is 0.630. The average Bonchev–Trinajstić information content (AvgIpc) is 2.63. The molecular weight excluding hydrogens is 215 g/mol. The molecule has 0 unspecified atom stereocenters. The predicted molar refractivity (Wildman–Crippen MR) is 58.7 cm³/mol. The maximum absolute atomic E-state index is 13.2. The van der Waals surface area contributed by atoms with Gasteiger partial charge in [0.15, 0.2) is 0 Å². The minimum Gasteiger partial charge on any atom is -0.357 e. The minimum absolute atomic E-state index is 0.196. The van der Waals surface area contributed by atoms with Gasteiger partial charge in [0.2, 0.25) is 0 Å². The van der Waals surface area contributed by atoms with Crippen molar-refractivity contribution in [1.82, 2.24) is 10.3 Å². The maximum atomic E-state index is 13.2. The Labute approximate surface area is 91.4 Å². The third-order valence-corrected chi connectivity index (χ3v) is 3.28. The van der Waals surface area contributed by atoms with Gasteiger partial charge in [-0.05, 0) is 17.7 Å². The summed E-state index contributed by atoms with van der Waals surface area (Å²) in [4.78, 5) is 3.21. The second-order valence-electron chi connectivity index (χ2n) is 3.79. The number of hydrogen-bond donors (Lipinski definition) is 2. The highest BCUT2D eigenvalue weighted by Crippen LogP contribution is 2.31. The number of aromatic nitrogens is 1. The summed E-state index contributed by atoms with van der Waals surface area (Å²) in [5, 5.41) is 4.52. The summed E-state index contributed by atoms with van der Waals surface area (Å²) in [6.45, 7) is 1.79. The number of nitrogens with one attached hydrogen (secondary N) is 2. The lowest BCUT2D eigenvalue weighted by atomic mass is 10.1. The van der Waals surface area contributed by atoms with Crippen LogP contribution in [0.1, 0.15) is 11.3 Å². The standard InChI is InChI=1S/C11H10ClFN2/c12-10-8(13)2-1-6-7-5-14-4-3-9(7)15-11(6)10/h1-2,14-15H,3-5H2. The zero-order valence-electron chi connectivity index (χ0n) is 8.03. The molecule has 78 valence electrons. The molecule has 0 radical (unpaired) electrons. The summed E-state index contributed by atoms with van der Waals surface area (Å²) in [5.41, 5.74) is 3.12. The third kappa shape index (κ3) is 1.27. The Morgan fingerprint density at radius 3 is 3.07 bits per heavy atom. The molecule has 0 saturated carbocycles. The van der Waals surface area contributed by atoms with Crippen LogP contribution in [0.25, 0.3) is 10.9 Å². The van der Waals surface area contributed by atoms with Crippen LogP contribution < -0.4 is 5.32 Å². The van der Waals surface area contributed by atoms with Crippen LogP contribution in [-0.2, 0) is 13.0 Å². The van der Waals surface area contributed by atoms with Crippen molar-refractivity contribution < 1.29 is 4.39 Å². The Morgan fingerprint density at radius 1 is 1.33 bits per heavy atom. The quantitative estimate of drug-likeness (QED) is 0.708. The van der Waals surface area contributed by atoms with Gasteiger partial charge in [-0.3, -0.25) is 0 Å². The fraction of sp³-hybridized carbons (Fsp3) is 0.273. The number of rotatable bonds is 0. The summed E-state index contributed by atoms with van der Waals surface area (Å²) in [7, 11) is 0. The van der Waals surface area contributed by atoms with Gasteiger partial charge in [0.05, 0.1) is 5.52 Å². The number of aromatic amines is 1. The molecule has 0 bridgehead atoms. The van der Waals surface area contributed by atoms with Crippen molar-refractivity contribution >= 4 is 22.5 Å². The predicted octanol–water partition coefficient (Wildman–Crippen LogP) is 2.61. The van der Waals surface area contributed by atoms with E-state index in [-0.39, 0.29) is 10.8 Å². The van der Waals surface area contributed by atoms with Crippen LogP contribution in [-0.4, -0.2) is 11.5 Å². The first-order valence-electron chi connectivity index (χ1n) is 4.95. The summed E-state index contributed by atoms with van der Waals surface area (Å²) in [6.07, 6.45) is 0.946. The molecule has 0 atom stereocenters. The largest absolute Gasteiger partial charge is 0.357 e. The van der Waals surface area contributed by atoms with E-state index in [4.69, 9.17) is 11.6 Å². The molecule has 3 rings (SSSR count). The van der Waals surface area contributed by atoms with Crippen molar-refractivity contribution in [2.75, 3.05) is 6.54 Å². The molecule has 0 amide bonds. The van der Waals surface area contributed by atoms with E-state index in [0.717, 1.165) is 30.4 Å². The van der Waals surface area contributed by atoms with Gasteiger partial charge in [0, 0.05) is 30.6 Å². The molecule has 2 nitrogen and oxygen atoms in total. The van der Waals surface area contributed by atoms with Crippen LogP contribution in [0.3, 0.4) is 0 Å². The lowest BCUT2D eigenvalue weighted by Crippen LogP contribution is -2.22. The van der Waals surface area contributed by atoms with Crippen molar-refractivity contribution in [3.05, 3.63) is 34.2 Å². The van der Waals surface area contributed by atoms with Crippen molar-refractivity contribution in [2.24, 2.45) is 0 Å². The number of benzene rings is 1. The van der Waals surface area contributed by atoms with Crippen molar-refractivity contribution in [3.8, 4) is 0 Å². The summed E-state index contributed by atoms with van der Waals surface area (Å²) < 4.78 is 13.2. The number of halogens is 2. The highest BCUT2D eigenvalue weighted by Gasteiger charge is 2.17. The van der Waals surface area contributed by atoms with Crippen LogP contribution in [0, 0.1) is 5.82 Å². The van der Waals surface area contributed by atoms with E-state index in [1.54, 1.807) is 6.07 Å². The van der Waals surface area contributed by atoms with Gasteiger partial charge in [-0.2, -0.15) is 0 Å². The zero-order valence-corrected chi connectivity index (χ0v) is 8.79. The summed E-state index contributed by atoms with van der Waals surface area (Å²) in [6, 6.07) is 3.21. The van der Waals surface area contributed by atoms with Crippen molar-refractivity contribution in [1.29, 1.82) is 0 Å². The second-order valence-corrected chi connectivity index (χ2v) is 4.17. The molecule has 2 aromatic rings. The van der Waals surface area contributed by atoms with Gasteiger partial charge in [0.1, 0.15) is 10.8 Å². The summed E-state index contributed by atoms with van der Waals surface area (Å²) >= 11 is 5.92. The topological polar surface area (TPSA) is 27.8 Å². The third-order valence-electron chi connectivity index (χ3n) is 2.91. The zero-order chi connectivity index (χ0) is 10.4. The van der Waals surface area contributed by atoms with Crippen LogP contribution in [0.5, 0.6) is 0 Å². The molecule has 1 aliphatic heterocycles. The van der Waals surface area contributed by atoms with E-state index in [9.17, 15) is 4.39 Å². The fourth-order valence-electron chi connectivity index (χ4n) is 2.16. The molecule has 0 fully saturated rings. The minimum atomic E-state index is -0.365. The van der Waals surface area contributed by atoms with E-state index in [2.05, 4.69) is 10.3 Å². The Bertz CT molecular complexity index is 533. The smallest absolute Gasteiger partial charge is 0.143 e. The normalized spacial score (nSPS) is 15.6. The van der Waals surface area contributed by atoms with Gasteiger partial charge < -0.3 is 10.3 Å². The Morgan fingerprint density at radius 2 is 2.20 bits per heavy atom. The van der Waals surface area contributed by atoms with Crippen LogP contribution >= 0.6 is 11.6 Å². The molecule has 15 heavy (non-hydrogen) atoms. The first-order chi connectivity index (χ1) is 7.27. The van der Waals surface area contributed by atoms with E-state index in [1.165, 1.54) is 17.3 Å². The van der Waals surface area contributed by atoms with Gasteiger partial charge in [-0.25, -0.2) is 4.39 Å². The van der Waals surface area contributed by atoms with E-state index >= 15 is 0 Å². The number of H-pyrrole nitrogens is 1. The Kier molecular flexibility index (Phi) is 1.97. The van der Waals surface area contributed by atoms with Crippen LogP contribution in [0.4, 0.5) is 4.39 Å². The lowest BCUT2D eigenvalue weighted by Gasteiger charge is -2.12. The molecular formula is C11H10ClFN2. The van der Waals surface area contributed by atoms with E-state index in [0.29, 0.717) is 0 Å². The van der Waals surface area contributed by atoms with Crippen molar-refractivity contribution in [2.45, 2.75) is 13.0 Å². The molecule has 1 aromatic heterocycles.